The van der Waals surface area contributed by atoms with Crippen LogP contribution in [0.25, 0.3) is 167 Å². The van der Waals surface area contributed by atoms with Crippen LogP contribution in [0.3, 0.4) is 0 Å². The molecule has 0 unspecified atom stereocenters. The number of fused-ring (bicyclic) bond motifs is 4. The van der Waals surface area contributed by atoms with Crippen molar-refractivity contribution in [1.29, 1.82) is 0 Å². The number of aromatic nitrogens is 8. The Labute approximate surface area is 610 Å². The summed E-state index contributed by atoms with van der Waals surface area (Å²) < 4.78 is 1.17. The molecule has 18 rings (SSSR count). The molecule has 0 radical (unpaired) electrons. The fraction of sp³-hybridized carbons (Fsp3) is 0. The number of halogens is 1. The molecule has 0 atom stereocenters. The Morgan fingerprint density at radius 3 is 1.02 bits per heavy atom. The highest BCUT2D eigenvalue weighted by atomic mass is 79.9. The van der Waals surface area contributed by atoms with Gasteiger partial charge in [-0.25, -0.2) is 19.9 Å². The summed E-state index contributed by atoms with van der Waals surface area (Å²) >= 11 is 3.79. The molecular weight excluding hydrogens is 1340 g/mol. The molecule has 12 heteroatoms. The summed E-state index contributed by atoms with van der Waals surface area (Å²) in [4.78, 5) is 37.3. The van der Waals surface area contributed by atoms with Gasteiger partial charge in [0.15, 0.2) is 11.6 Å². The highest BCUT2D eigenvalue weighted by molar-refractivity contribution is 9.10. The second kappa shape index (κ2) is 30.0. The van der Waals surface area contributed by atoms with Crippen molar-refractivity contribution in [3.63, 3.8) is 0 Å². The van der Waals surface area contributed by atoms with E-state index in [1.165, 1.54) is 75.4 Å². The Hall–Kier alpha value is -13.1. The van der Waals surface area contributed by atoms with Gasteiger partial charge in [-0.3, -0.25) is 19.9 Å². The van der Waals surface area contributed by atoms with E-state index in [4.69, 9.17) is 19.9 Å². The van der Waals surface area contributed by atoms with Crippen LogP contribution in [-0.2, 0) is 0 Å². The minimum Gasteiger partial charge on any atom is -0.423 e. The number of pyridine rings is 4. The van der Waals surface area contributed by atoms with Crippen molar-refractivity contribution in [3.05, 3.63) is 369 Å². The standard InChI is InChI=1S/C46H30N4.C26H19BN4O2.C20H13Br/c1-2-12-31(13-3-1)44-38-20-4-6-22-40(38)45(41-23-7-5-21-39(41)44)34-16-9-15-33(27-34)42-28-43(37-19-11-25-48-30-37)50-46(49-42)35-17-8-14-32(26-35)36-18-10-24-47-29-36;32-27(33)22-10-4-7-19(15-22)24-16-25(23-11-1-2-13-29-23)31-26(30-24)20-8-3-6-18(14-20)21-9-5-12-28-17-21;21-20-17-12-6-4-10-15(17)19(14-8-2-1-3-9-14)16-11-5-7-13-18(16)20/h1-30H;1-17,32-33H;1-13H. The van der Waals surface area contributed by atoms with Crippen LogP contribution in [0.4, 0.5) is 0 Å². The van der Waals surface area contributed by atoms with E-state index in [2.05, 4.69) is 248 Å². The molecule has 0 aliphatic heterocycles. The van der Waals surface area contributed by atoms with E-state index in [9.17, 15) is 10.0 Å². The van der Waals surface area contributed by atoms with Crippen LogP contribution in [0.5, 0.6) is 0 Å². The van der Waals surface area contributed by atoms with Gasteiger partial charge in [0.05, 0.1) is 28.5 Å². The highest BCUT2D eigenvalue weighted by Crippen LogP contribution is 2.46. The number of hydrogen-bond donors (Lipinski definition) is 2. The molecule has 0 aliphatic rings. The van der Waals surface area contributed by atoms with E-state index in [1.807, 2.05) is 110 Å². The first-order chi connectivity index (χ1) is 51.3. The summed E-state index contributed by atoms with van der Waals surface area (Å²) in [7, 11) is -1.56. The Kier molecular flexibility index (Phi) is 18.9. The van der Waals surface area contributed by atoms with Crippen LogP contribution in [0.1, 0.15) is 0 Å². The molecule has 0 fully saturated rings. The maximum Gasteiger partial charge on any atom is 0.488 e. The summed E-state index contributed by atoms with van der Waals surface area (Å²) in [6.45, 7) is 0. The summed E-state index contributed by atoms with van der Waals surface area (Å²) in [5, 5.41) is 29.2. The van der Waals surface area contributed by atoms with Gasteiger partial charge in [-0.2, -0.15) is 0 Å². The lowest BCUT2D eigenvalue weighted by Crippen LogP contribution is -2.29. The van der Waals surface area contributed by atoms with Gasteiger partial charge >= 0.3 is 7.12 Å². The summed E-state index contributed by atoms with van der Waals surface area (Å²) in [5.74, 6) is 1.20. The molecule has 0 saturated carbocycles. The van der Waals surface area contributed by atoms with E-state index in [0.717, 1.165) is 72.7 Å². The van der Waals surface area contributed by atoms with Crippen molar-refractivity contribution < 1.29 is 10.0 Å². The Bertz CT molecular complexity index is 5990. The van der Waals surface area contributed by atoms with Gasteiger partial charge in [0.2, 0.25) is 0 Å². The van der Waals surface area contributed by atoms with Crippen molar-refractivity contribution in [2.75, 3.05) is 0 Å². The summed E-state index contributed by atoms with van der Waals surface area (Å²) in [5.41, 5.74) is 20.1. The van der Waals surface area contributed by atoms with E-state index in [-0.39, 0.29) is 0 Å². The Morgan fingerprint density at radius 2 is 0.567 bits per heavy atom. The quantitative estimate of drug-likeness (QED) is 0.0896. The minimum atomic E-state index is -1.56. The molecule has 18 aromatic rings. The van der Waals surface area contributed by atoms with Gasteiger partial charge in [0, 0.05) is 81.2 Å². The van der Waals surface area contributed by atoms with Gasteiger partial charge in [0.1, 0.15) is 0 Å². The number of nitrogens with zero attached hydrogens (tertiary/aromatic N) is 8. The molecule has 492 valence electrons. The first-order valence-corrected chi connectivity index (χ1v) is 34.9. The third-order valence-corrected chi connectivity index (χ3v) is 19.3. The Morgan fingerprint density at radius 1 is 0.231 bits per heavy atom. The van der Waals surface area contributed by atoms with Crippen LogP contribution >= 0.6 is 15.9 Å². The van der Waals surface area contributed by atoms with Gasteiger partial charge in [-0.1, -0.05) is 255 Å². The molecule has 104 heavy (non-hydrogen) atoms. The van der Waals surface area contributed by atoms with Crippen LogP contribution in [0.2, 0.25) is 0 Å². The van der Waals surface area contributed by atoms with Crippen LogP contribution in [0.15, 0.2) is 369 Å². The second-order valence-electron chi connectivity index (χ2n) is 25.0. The van der Waals surface area contributed by atoms with Gasteiger partial charge in [0.25, 0.3) is 0 Å². The fourth-order valence-electron chi connectivity index (χ4n) is 13.5. The zero-order valence-electron chi connectivity index (χ0n) is 56.1. The third kappa shape index (κ3) is 13.8. The van der Waals surface area contributed by atoms with Crippen molar-refractivity contribution in [1.82, 2.24) is 39.9 Å². The smallest absolute Gasteiger partial charge is 0.423 e. The molecule has 0 spiro atoms. The summed E-state index contributed by atoms with van der Waals surface area (Å²) in [6.07, 6.45) is 12.6. The minimum absolute atomic E-state index is 0.394. The van der Waals surface area contributed by atoms with Crippen LogP contribution < -0.4 is 5.46 Å². The molecular formula is C92H62BBrN8O2. The monoisotopic (exact) mass is 1400 g/mol. The molecule has 10 nitrogen and oxygen atoms in total. The van der Waals surface area contributed by atoms with Crippen molar-refractivity contribution in [3.8, 4) is 124 Å². The maximum absolute atomic E-state index is 9.61. The van der Waals surface area contributed by atoms with E-state index in [0.29, 0.717) is 28.5 Å². The van der Waals surface area contributed by atoms with Crippen LogP contribution in [-0.4, -0.2) is 57.0 Å². The fourth-order valence-corrected chi connectivity index (χ4v) is 14.2. The average Bonchev–Trinajstić information content (AvgIpc) is 0.744. The SMILES string of the molecule is Brc1c2ccccc2c(-c2ccccc2)c2ccccc12.OB(O)c1cccc(-c2cc(-c3ccccn3)nc(-c3cccc(-c4cccnc4)c3)n2)c1.c1ccc(-c2c3ccccc3c(-c3cccc(-c4cc(-c5cccnc5)nc(-c5cccc(-c6cccnc6)c5)n4)c3)c3ccccc23)cc1. The molecule has 6 aromatic heterocycles. The second-order valence-corrected chi connectivity index (χ2v) is 25.8. The first kappa shape index (κ1) is 65.5. The first-order valence-electron chi connectivity index (χ1n) is 34.2. The van der Waals surface area contributed by atoms with Crippen LogP contribution in [0, 0.1) is 0 Å². The molecule has 6 heterocycles. The molecule has 0 aliphatic carbocycles. The van der Waals surface area contributed by atoms with Crippen molar-refractivity contribution in [2.45, 2.75) is 0 Å². The largest absolute Gasteiger partial charge is 0.488 e. The lowest BCUT2D eigenvalue weighted by Gasteiger charge is -2.18. The molecule has 12 aromatic carbocycles. The normalized spacial score (nSPS) is 11.0. The highest BCUT2D eigenvalue weighted by Gasteiger charge is 2.21. The summed E-state index contributed by atoms with van der Waals surface area (Å²) in [6, 6.07) is 110. The zero-order valence-corrected chi connectivity index (χ0v) is 57.7. The topological polar surface area (TPSA) is 144 Å². The maximum atomic E-state index is 9.61. The lowest BCUT2D eigenvalue weighted by atomic mass is 9.79. The van der Waals surface area contributed by atoms with E-state index >= 15 is 0 Å². The Balaban J connectivity index is 0.000000132. The van der Waals surface area contributed by atoms with Crippen molar-refractivity contribution in [2.24, 2.45) is 0 Å². The molecule has 0 saturated heterocycles. The predicted molar refractivity (Wildman–Crippen MR) is 429 cm³/mol. The average molecular weight is 1400 g/mol. The van der Waals surface area contributed by atoms with Crippen molar-refractivity contribution >= 4 is 71.6 Å². The zero-order chi connectivity index (χ0) is 70.1. The number of benzene rings is 12. The van der Waals surface area contributed by atoms with Gasteiger partial charge in [-0.05, 0) is 181 Å². The predicted octanol–water partition coefficient (Wildman–Crippen LogP) is 21.6. The van der Waals surface area contributed by atoms with E-state index < -0.39 is 7.12 Å². The lowest BCUT2D eigenvalue weighted by molar-refractivity contribution is 0.426. The third-order valence-electron chi connectivity index (χ3n) is 18.4. The van der Waals surface area contributed by atoms with Gasteiger partial charge < -0.3 is 10.0 Å². The van der Waals surface area contributed by atoms with Gasteiger partial charge in [-0.15, -0.1) is 0 Å². The number of rotatable bonds is 12. The molecule has 2 N–H and O–H groups in total. The molecule has 0 amide bonds. The molecule has 0 bridgehead atoms. The number of hydrogen-bond acceptors (Lipinski definition) is 10. The van der Waals surface area contributed by atoms with E-state index in [1.54, 1.807) is 43.0 Å².